The molecule has 0 bridgehead atoms. The Morgan fingerprint density at radius 3 is 2.53 bits per heavy atom. The van der Waals surface area contributed by atoms with Gasteiger partial charge in [0.2, 0.25) is 0 Å². The molecule has 0 fully saturated rings. The molecule has 1 heteroatoms. The molecule has 1 aromatic rings. The van der Waals surface area contributed by atoms with Crippen molar-refractivity contribution in [3.05, 3.63) is 41.5 Å². The molecule has 0 heterocycles. The maximum Gasteiger partial charge on any atom is 0.0594 e. The summed E-state index contributed by atoms with van der Waals surface area (Å²) in [5.41, 5.74) is 2.98. The third-order valence-corrected chi connectivity index (χ3v) is 5.21. The highest BCUT2D eigenvalue weighted by atomic mass is 79.9. The first kappa shape index (κ1) is 10.9. The van der Waals surface area contributed by atoms with E-state index in [4.69, 9.17) is 0 Å². The Hall–Kier alpha value is -0.560. The molecule has 1 aliphatic rings. The van der Waals surface area contributed by atoms with E-state index in [0.29, 0.717) is 0 Å². The van der Waals surface area contributed by atoms with E-state index in [1.807, 2.05) is 0 Å². The van der Waals surface area contributed by atoms with Crippen LogP contribution in [0.1, 0.15) is 38.3 Å². The summed E-state index contributed by atoms with van der Waals surface area (Å²) in [4.78, 5) is 0. The lowest BCUT2D eigenvalue weighted by Gasteiger charge is -2.42. The molecule has 15 heavy (non-hydrogen) atoms. The Kier molecular flexibility index (Phi) is 2.54. The summed E-state index contributed by atoms with van der Waals surface area (Å²) in [7, 11) is 0. The standard InChI is InChI=1S/C14H17Br/c1-13(2,3)14(15)10-6-8-11-7-4-5-9-12(11)14/h4-9H,10H2,1-3H3. The molecule has 1 atom stereocenters. The summed E-state index contributed by atoms with van der Waals surface area (Å²) in [5.74, 6) is 0. The van der Waals surface area contributed by atoms with Crippen molar-refractivity contribution in [1.82, 2.24) is 0 Å². The highest BCUT2D eigenvalue weighted by Crippen LogP contribution is 2.52. The van der Waals surface area contributed by atoms with Crippen molar-refractivity contribution < 1.29 is 0 Å². The van der Waals surface area contributed by atoms with Crippen LogP contribution in [0.4, 0.5) is 0 Å². The molecule has 0 radical (unpaired) electrons. The van der Waals surface area contributed by atoms with Gasteiger partial charge in [-0.1, -0.05) is 73.1 Å². The monoisotopic (exact) mass is 264 g/mol. The summed E-state index contributed by atoms with van der Waals surface area (Å²) < 4.78 is 0.0747. The quantitative estimate of drug-likeness (QED) is 0.594. The van der Waals surface area contributed by atoms with E-state index < -0.39 is 0 Å². The van der Waals surface area contributed by atoms with Gasteiger partial charge in [0, 0.05) is 0 Å². The minimum absolute atomic E-state index is 0.0747. The maximum atomic E-state index is 3.96. The molecule has 80 valence electrons. The third-order valence-electron chi connectivity index (χ3n) is 3.27. The molecule has 0 amide bonds. The van der Waals surface area contributed by atoms with Crippen molar-refractivity contribution in [3.63, 3.8) is 0 Å². The van der Waals surface area contributed by atoms with Crippen LogP contribution in [-0.4, -0.2) is 0 Å². The van der Waals surface area contributed by atoms with Gasteiger partial charge >= 0.3 is 0 Å². The maximum absolute atomic E-state index is 3.96. The third kappa shape index (κ3) is 1.67. The van der Waals surface area contributed by atoms with E-state index in [1.165, 1.54) is 11.1 Å². The van der Waals surface area contributed by atoms with Gasteiger partial charge < -0.3 is 0 Å². The number of halogens is 1. The van der Waals surface area contributed by atoms with Crippen LogP contribution in [0.5, 0.6) is 0 Å². The number of hydrogen-bond acceptors (Lipinski definition) is 0. The van der Waals surface area contributed by atoms with Crippen LogP contribution in [0, 0.1) is 5.41 Å². The summed E-state index contributed by atoms with van der Waals surface area (Å²) in [6, 6.07) is 8.65. The number of alkyl halides is 1. The number of fused-ring (bicyclic) bond motifs is 1. The van der Waals surface area contributed by atoms with Crippen LogP contribution < -0.4 is 0 Å². The van der Waals surface area contributed by atoms with Crippen LogP contribution in [-0.2, 0) is 4.32 Å². The van der Waals surface area contributed by atoms with Crippen molar-refractivity contribution in [1.29, 1.82) is 0 Å². The molecule has 0 spiro atoms. The number of allylic oxidation sites excluding steroid dienone is 1. The van der Waals surface area contributed by atoms with Gasteiger partial charge in [-0.3, -0.25) is 0 Å². The fourth-order valence-corrected chi connectivity index (χ4v) is 2.72. The average molecular weight is 265 g/mol. The lowest BCUT2D eigenvalue weighted by molar-refractivity contribution is 0.291. The van der Waals surface area contributed by atoms with Gasteiger partial charge in [0.15, 0.2) is 0 Å². The zero-order valence-corrected chi connectivity index (χ0v) is 11.1. The molecule has 0 saturated carbocycles. The predicted octanol–water partition coefficient (Wildman–Crippen LogP) is 4.74. The number of benzene rings is 1. The van der Waals surface area contributed by atoms with E-state index in [-0.39, 0.29) is 9.74 Å². The second-order valence-corrected chi connectivity index (χ2v) is 6.60. The number of rotatable bonds is 0. The molecule has 2 rings (SSSR count). The largest absolute Gasteiger partial charge is 0.0822 e. The van der Waals surface area contributed by atoms with Crippen molar-refractivity contribution in [2.45, 2.75) is 31.5 Å². The van der Waals surface area contributed by atoms with Gasteiger partial charge in [-0.05, 0) is 23.0 Å². The summed E-state index contributed by atoms with van der Waals surface area (Å²) in [5, 5.41) is 0. The first-order chi connectivity index (χ1) is 6.95. The molecule has 1 aliphatic carbocycles. The van der Waals surface area contributed by atoms with Crippen LogP contribution in [0.3, 0.4) is 0 Å². The van der Waals surface area contributed by atoms with E-state index in [1.54, 1.807) is 0 Å². The summed E-state index contributed by atoms with van der Waals surface area (Å²) in [6.07, 6.45) is 5.55. The summed E-state index contributed by atoms with van der Waals surface area (Å²) >= 11 is 3.96. The second-order valence-electron chi connectivity index (χ2n) is 5.24. The highest BCUT2D eigenvalue weighted by Gasteiger charge is 2.42. The van der Waals surface area contributed by atoms with Crippen molar-refractivity contribution in [3.8, 4) is 0 Å². The fraction of sp³-hybridized carbons (Fsp3) is 0.429. The zero-order valence-electron chi connectivity index (χ0n) is 9.55. The van der Waals surface area contributed by atoms with Crippen molar-refractivity contribution >= 4 is 22.0 Å². The fourth-order valence-electron chi connectivity index (χ4n) is 2.17. The lowest BCUT2D eigenvalue weighted by atomic mass is 9.71. The van der Waals surface area contributed by atoms with Gasteiger partial charge in [-0.25, -0.2) is 0 Å². The molecule has 0 aliphatic heterocycles. The molecule has 0 nitrogen and oxygen atoms in total. The Labute approximate surface area is 101 Å². The van der Waals surface area contributed by atoms with E-state index >= 15 is 0 Å². The van der Waals surface area contributed by atoms with Crippen LogP contribution >= 0.6 is 15.9 Å². The smallest absolute Gasteiger partial charge is 0.0594 e. The highest BCUT2D eigenvalue weighted by molar-refractivity contribution is 9.09. The molecule has 0 saturated heterocycles. The minimum Gasteiger partial charge on any atom is -0.0822 e. The SMILES string of the molecule is CC(C)(C)C1(Br)CC=Cc2ccccc21. The first-order valence-electron chi connectivity index (χ1n) is 5.40. The second kappa shape index (κ2) is 3.48. The van der Waals surface area contributed by atoms with Crippen LogP contribution in [0.2, 0.25) is 0 Å². The van der Waals surface area contributed by atoms with Crippen LogP contribution in [0.15, 0.2) is 30.3 Å². The molecular formula is C14H17Br. The summed E-state index contributed by atoms with van der Waals surface area (Å²) in [6.45, 7) is 6.87. The Morgan fingerprint density at radius 1 is 1.20 bits per heavy atom. The Balaban J connectivity index is 2.60. The Morgan fingerprint density at radius 2 is 1.87 bits per heavy atom. The van der Waals surface area contributed by atoms with Gasteiger partial charge in [-0.15, -0.1) is 0 Å². The van der Waals surface area contributed by atoms with E-state index in [9.17, 15) is 0 Å². The predicted molar refractivity (Wildman–Crippen MR) is 70.2 cm³/mol. The van der Waals surface area contributed by atoms with Crippen molar-refractivity contribution in [2.75, 3.05) is 0 Å². The topological polar surface area (TPSA) is 0 Å². The van der Waals surface area contributed by atoms with Gasteiger partial charge in [0.25, 0.3) is 0 Å². The van der Waals surface area contributed by atoms with E-state index in [0.717, 1.165) is 6.42 Å². The lowest BCUT2D eigenvalue weighted by Crippen LogP contribution is -2.35. The molecule has 0 aromatic heterocycles. The first-order valence-corrected chi connectivity index (χ1v) is 6.19. The zero-order chi connectivity index (χ0) is 11.1. The normalized spacial score (nSPS) is 25.1. The Bertz CT molecular complexity index is 398. The van der Waals surface area contributed by atoms with Crippen LogP contribution in [0.25, 0.3) is 6.08 Å². The minimum atomic E-state index is 0.0747. The van der Waals surface area contributed by atoms with Crippen molar-refractivity contribution in [2.24, 2.45) is 5.41 Å². The molecule has 1 aromatic carbocycles. The van der Waals surface area contributed by atoms with Gasteiger partial charge in [0.1, 0.15) is 0 Å². The molecule has 1 unspecified atom stereocenters. The molecule has 0 N–H and O–H groups in total. The molecular weight excluding hydrogens is 248 g/mol. The van der Waals surface area contributed by atoms with Gasteiger partial charge in [0.05, 0.1) is 4.32 Å². The van der Waals surface area contributed by atoms with E-state index in [2.05, 4.69) is 73.1 Å². The van der Waals surface area contributed by atoms with Gasteiger partial charge in [-0.2, -0.15) is 0 Å². The number of hydrogen-bond donors (Lipinski definition) is 0. The average Bonchev–Trinajstić information content (AvgIpc) is 2.17.